The lowest BCUT2D eigenvalue weighted by Crippen LogP contribution is -2.20. The summed E-state index contributed by atoms with van der Waals surface area (Å²) in [4.78, 5) is 12.2. The molecule has 3 aromatic carbocycles. The molecule has 156 valence electrons. The summed E-state index contributed by atoms with van der Waals surface area (Å²) in [5.74, 6) is 0.604. The molecule has 3 rings (SSSR count). The van der Waals surface area contributed by atoms with Crippen molar-refractivity contribution < 1.29 is 22.7 Å². The number of anilines is 2. The number of ether oxygens (including phenoxy) is 2. The Bertz CT molecular complexity index is 1120. The number of hydrogen-bond acceptors (Lipinski definition) is 5. The quantitative estimate of drug-likeness (QED) is 0.421. The van der Waals surface area contributed by atoms with Gasteiger partial charge in [0.1, 0.15) is 0 Å². The minimum atomic E-state index is -3.73. The lowest BCUT2D eigenvalue weighted by atomic mass is 10.3. The molecule has 0 atom stereocenters. The predicted octanol–water partition coefficient (Wildman–Crippen LogP) is 4.12. The maximum absolute atomic E-state index is 12.5. The van der Waals surface area contributed by atoms with Crippen molar-refractivity contribution in [1.29, 1.82) is 0 Å². The molecule has 0 aliphatic carbocycles. The van der Waals surface area contributed by atoms with Crippen molar-refractivity contribution in [3.05, 3.63) is 76.4 Å². The second kappa shape index (κ2) is 9.81. The Morgan fingerprint density at radius 1 is 0.900 bits per heavy atom. The van der Waals surface area contributed by atoms with Crippen molar-refractivity contribution in [3.63, 3.8) is 0 Å². The molecular weight excluding hydrogens is 519 g/mol. The molecule has 0 fully saturated rings. The van der Waals surface area contributed by atoms with E-state index in [0.29, 0.717) is 22.9 Å². The van der Waals surface area contributed by atoms with E-state index in [1.54, 1.807) is 36.4 Å². The Balaban J connectivity index is 1.59. The van der Waals surface area contributed by atoms with E-state index >= 15 is 0 Å². The van der Waals surface area contributed by atoms with Gasteiger partial charge in [-0.1, -0.05) is 12.1 Å². The van der Waals surface area contributed by atoms with Crippen LogP contribution in [0.2, 0.25) is 0 Å². The number of methoxy groups -OCH3 is 1. The number of carbonyl (C=O) groups is 1. The fourth-order valence-corrected chi connectivity index (χ4v) is 3.95. The van der Waals surface area contributed by atoms with E-state index in [0.717, 1.165) is 3.57 Å². The van der Waals surface area contributed by atoms with Crippen molar-refractivity contribution in [1.82, 2.24) is 0 Å². The minimum absolute atomic E-state index is 0.0873. The van der Waals surface area contributed by atoms with Crippen LogP contribution >= 0.6 is 22.6 Å². The molecule has 7 nitrogen and oxygen atoms in total. The van der Waals surface area contributed by atoms with Gasteiger partial charge in [0.15, 0.2) is 18.1 Å². The van der Waals surface area contributed by atoms with E-state index in [9.17, 15) is 13.2 Å². The van der Waals surface area contributed by atoms with Crippen molar-refractivity contribution >= 4 is 49.9 Å². The summed E-state index contributed by atoms with van der Waals surface area (Å²) in [6.45, 7) is -0.214. The van der Waals surface area contributed by atoms with E-state index in [1.807, 2.05) is 12.1 Å². The Kier molecular flexibility index (Phi) is 7.16. The number of hydrogen-bond donors (Lipinski definition) is 2. The summed E-state index contributed by atoms with van der Waals surface area (Å²) < 4.78 is 39.2. The van der Waals surface area contributed by atoms with Gasteiger partial charge in [-0.15, -0.1) is 0 Å². The third kappa shape index (κ3) is 5.86. The van der Waals surface area contributed by atoms with Gasteiger partial charge in [0.25, 0.3) is 15.9 Å². The Morgan fingerprint density at radius 2 is 1.50 bits per heavy atom. The Labute approximate surface area is 188 Å². The second-order valence-corrected chi connectivity index (χ2v) is 9.05. The molecule has 9 heteroatoms. The monoisotopic (exact) mass is 538 g/mol. The zero-order chi connectivity index (χ0) is 21.6. The SMILES string of the molecule is COc1ccccc1OCC(=O)Nc1ccc(S(=O)(=O)Nc2ccc(I)cc2)cc1. The van der Waals surface area contributed by atoms with Crippen LogP contribution in [-0.4, -0.2) is 28.0 Å². The van der Waals surface area contributed by atoms with Crippen LogP contribution in [0.25, 0.3) is 0 Å². The maximum atomic E-state index is 12.5. The van der Waals surface area contributed by atoms with Gasteiger partial charge in [0, 0.05) is 14.9 Å². The molecule has 1 amide bonds. The summed E-state index contributed by atoms with van der Waals surface area (Å²) in [6, 6.07) is 19.9. The second-order valence-electron chi connectivity index (χ2n) is 6.12. The summed E-state index contributed by atoms with van der Waals surface area (Å²) in [5.41, 5.74) is 0.929. The first-order chi connectivity index (χ1) is 14.4. The number of para-hydroxylation sites is 2. The maximum Gasteiger partial charge on any atom is 0.262 e. The standard InChI is InChI=1S/C21H19IN2O5S/c1-28-19-4-2-3-5-20(19)29-14-21(25)23-16-10-12-18(13-11-16)30(26,27)24-17-8-6-15(22)7-9-17/h2-13,24H,14H2,1H3,(H,23,25). The smallest absolute Gasteiger partial charge is 0.262 e. The third-order valence-corrected chi connectivity index (χ3v) is 6.09. The van der Waals surface area contributed by atoms with E-state index < -0.39 is 10.0 Å². The number of sulfonamides is 1. The summed E-state index contributed by atoms with van der Waals surface area (Å²) in [5, 5.41) is 2.66. The van der Waals surface area contributed by atoms with Crippen molar-refractivity contribution in [2.75, 3.05) is 23.8 Å². The fraction of sp³-hybridized carbons (Fsp3) is 0.0952. The van der Waals surface area contributed by atoms with Gasteiger partial charge in [0.05, 0.1) is 12.0 Å². The number of rotatable bonds is 8. The number of carbonyl (C=O) groups excluding carboxylic acids is 1. The van der Waals surface area contributed by atoms with Crippen LogP contribution in [0.1, 0.15) is 0 Å². The normalized spacial score (nSPS) is 10.9. The fourth-order valence-electron chi connectivity index (χ4n) is 2.53. The molecule has 0 aliphatic rings. The molecule has 2 N–H and O–H groups in total. The highest BCUT2D eigenvalue weighted by atomic mass is 127. The average molecular weight is 538 g/mol. The highest BCUT2D eigenvalue weighted by Gasteiger charge is 2.14. The summed E-state index contributed by atoms with van der Waals surface area (Å²) >= 11 is 2.14. The predicted molar refractivity (Wildman–Crippen MR) is 124 cm³/mol. The lowest BCUT2D eigenvalue weighted by molar-refractivity contribution is -0.118. The molecule has 0 aliphatic heterocycles. The molecule has 0 radical (unpaired) electrons. The molecule has 0 spiro atoms. The van der Waals surface area contributed by atoms with Gasteiger partial charge in [-0.2, -0.15) is 0 Å². The molecule has 0 aromatic heterocycles. The zero-order valence-electron chi connectivity index (χ0n) is 16.0. The lowest BCUT2D eigenvalue weighted by Gasteiger charge is -2.11. The van der Waals surface area contributed by atoms with Gasteiger partial charge < -0.3 is 14.8 Å². The van der Waals surface area contributed by atoms with Crippen LogP contribution in [0.5, 0.6) is 11.5 Å². The first-order valence-electron chi connectivity index (χ1n) is 8.81. The highest BCUT2D eigenvalue weighted by Crippen LogP contribution is 2.25. The third-order valence-electron chi connectivity index (χ3n) is 3.97. The Morgan fingerprint density at radius 3 is 2.13 bits per heavy atom. The number of benzene rings is 3. The van der Waals surface area contributed by atoms with Crippen LogP contribution in [0, 0.1) is 3.57 Å². The van der Waals surface area contributed by atoms with Crippen LogP contribution in [0.15, 0.2) is 77.7 Å². The van der Waals surface area contributed by atoms with Crippen molar-refractivity contribution in [3.8, 4) is 11.5 Å². The van der Waals surface area contributed by atoms with E-state index in [-0.39, 0.29) is 17.4 Å². The van der Waals surface area contributed by atoms with E-state index in [2.05, 4.69) is 32.6 Å². The van der Waals surface area contributed by atoms with Crippen LogP contribution in [-0.2, 0) is 14.8 Å². The minimum Gasteiger partial charge on any atom is -0.493 e. The first-order valence-corrected chi connectivity index (χ1v) is 11.4. The zero-order valence-corrected chi connectivity index (χ0v) is 18.9. The largest absolute Gasteiger partial charge is 0.493 e. The van der Waals surface area contributed by atoms with Crippen molar-refractivity contribution in [2.24, 2.45) is 0 Å². The molecule has 0 heterocycles. The first kappa shape index (κ1) is 21.9. The van der Waals surface area contributed by atoms with Gasteiger partial charge >= 0.3 is 0 Å². The molecule has 0 saturated carbocycles. The van der Waals surface area contributed by atoms with E-state index in [1.165, 1.54) is 31.4 Å². The summed E-state index contributed by atoms with van der Waals surface area (Å²) in [7, 11) is -2.21. The Hall–Kier alpha value is -2.79. The van der Waals surface area contributed by atoms with Gasteiger partial charge in [-0.25, -0.2) is 8.42 Å². The van der Waals surface area contributed by atoms with Crippen LogP contribution < -0.4 is 19.5 Å². The van der Waals surface area contributed by atoms with Crippen LogP contribution in [0.4, 0.5) is 11.4 Å². The van der Waals surface area contributed by atoms with Crippen LogP contribution in [0.3, 0.4) is 0 Å². The van der Waals surface area contributed by atoms with Gasteiger partial charge in [-0.3, -0.25) is 9.52 Å². The number of amides is 1. The molecule has 0 unspecified atom stereocenters. The molecular formula is C21H19IN2O5S. The van der Waals surface area contributed by atoms with Crippen molar-refractivity contribution in [2.45, 2.75) is 4.90 Å². The van der Waals surface area contributed by atoms with Gasteiger partial charge in [0.2, 0.25) is 0 Å². The van der Waals surface area contributed by atoms with Gasteiger partial charge in [-0.05, 0) is 83.3 Å². The number of nitrogens with one attached hydrogen (secondary N) is 2. The molecule has 0 bridgehead atoms. The molecule has 0 saturated heterocycles. The highest BCUT2D eigenvalue weighted by molar-refractivity contribution is 14.1. The average Bonchev–Trinajstić information content (AvgIpc) is 2.74. The van der Waals surface area contributed by atoms with E-state index in [4.69, 9.17) is 9.47 Å². The number of halogens is 1. The topological polar surface area (TPSA) is 93.7 Å². The molecule has 3 aromatic rings. The summed E-state index contributed by atoms with van der Waals surface area (Å²) in [6.07, 6.45) is 0. The molecule has 30 heavy (non-hydrogen) atoms.